The molecule has 0 aliphatic carbocycles. The Kier molecular flexibility index (Phi) is 30.3. The van der Waals surface area contributed by atoms with Crippen molar-refractivity contribution in [2.24, 2.45) is 0 Å². The van der Waals surface area contributed by atoms with Gasteiger partial charge in [-0.15, -0.1) is 18.1 Å². The van der Waals surface area contributed by atoms with Gasteiger partial charge in [-0.25, -0.2) is 12.1 Å². The Morgan fingerprint density at radius 2 is 0.794 bits per heavy atom. The van der Waals surface area contributed by atoms with Crippen molar-refractivity contribution in [1.29, 1.82) is 0 Å². The number of hydrogen-bond donors (Lipinski definition) is 0. The molecule has 3 unspecified atom stereocenters. The summed E-state index contributed by atoms with van der Waals surface area (Å²) in [6.45, 7) is 11.7. The maximum Gasteiger partial charge on any atom is 4.00 e. The number of hydrogen-bond acceptors (Lipinski definition) is 0. The minimum absolute atomic E-state index is 0. The molecule has 34 heavy (non-hydrogen) atoms. The molecule has 201 valence electrons. The summed E-state index contributed by atoms with van der Waals surface area (Å²) in [6.07, 6.45) is 2.92. The van der Waals surface area contributed by atoms with Gasteiger partial charge in [0.25, 0.3) is 0 Å². The molecule has 14 heteroatoms. The maximum atomic E-state index is 11.3. The van der Waals surface area contributed by atoms with Gasteiger partial charge in [-0.05, 0) is 0 Å². The average molecular weight is 740 g/mol. The Hall–Kier alpha value is 0.0130. The standard InChI is InChI=1S/C5H5.3C4H10N.C3F9Ge.Hf/c1-2-4-5-3-1;3*1-3-4(2)5;4-1(5,6)13(2(7,8)9)3(10,11)12;/h1-5H;3*4-5H,3H2,1-2H3;;/q4*-1;;+4. The van der Waals surface area contributed by atoms with Crippen LogP contribution >= 0.6 is 0 Å². The van der Waals surface area contributed by atoms with Crippen LogP contribution in [0.25, 0.3) is 17.2 Å². The van der Waals surface area contributed by atoms with Crippen LogP contribution in [0.1, 0.15) is 60.8 Å². The third-order valence-electron chi connectivity index (χ3n) is 3.24. The number of nitrogens with one attached hydrogen (secondary N) is 3. The van der Waals surface area contributed by atoms with Crippen molar-refractivity contribution < 1.29 is 65.4 Å². The molecule has 0 bridgehead atoms. The third-order valence-corrected chi connectivity index (χ3v) is 6.81. The number of rotatable bonds is 3. The largest absolute Gasteiger partial charge is 4.00 e. The van der Waals surface area contributed by atoms with Gasteiger partial charge in [-0.1, -0.05) is 60.8 Å². The number of alkyl halides is 9. The van der Waals surface area contributed by atoms with E-state index in [9.17, 15) is 39.5 Å². The second kappa shape index (κ2) is 23.4. The fraction of sp³-hybridized carbons (Fsp3) is 0.750. The van der Waals surface area contributed by atoms with E-state index in [1.807, 2.05) is 71.9 Å². The maximum absolute atomic E-state index is 11.3. The first-order chi connectivity index (χ1) is 14.7. The first-order valence-electron chi connectivity index (χ1n) is 10.1. The molecule has 0 spiro atoms. The van der Waals surface area contributed by atoms with Crippen LogP contribution in [-0.4, -0.2) is 47.5 Å². The smallest absolute Gasteiger partial charge is 0.214 e. The monoisotopic (exact) mass is 742 g/mol. The van der Waals surface area contributed by atoms with E-state index in [2.05, 4.69) is 0 Å². The van der Waals surface area contributed by atoms with Gasteiger partial charge in [0.05, 0.1) is 0 Å². The normalized spacial score (nSPS) is 13.6. The molecule has 0 amide bonds. The van der Waals surface area contributed by atoms with Crippen LogP contribution in [0, 0.1) is 0 Å². The van der Waals surface area contributed by atoms with Gasteiger partial charge in [0.1, 0.15) is 0 Å². The van der Waals surface area contributed by atoms with E-state index in [0.717, 1.165) is 19.3 Å². The molecule has 0 saturated heterocycles. The van der Waals surface area contributed by atoms with E-state index < -0.39 is 29.4 Å². The zero-order valence-electron chi connectivity index (χ0n) is 20.1. The van der Waals surface area contributed by atoms with Crippen molar-refractivity contribution in [3.8, 4) is 0 Å². The van der Waals surface area contributed by atoms with Crippen molar-refractivity contribution in [2.75, 3.05) is 0 Å². The van der Waals surface area contributed by atoms with Gasteiger partial charge >= 0.3 is 94.7 Å². The molecule has 0 heterocycles. The fourth-order valence-electron chi connectivity index (χ4n) is 0.803. The van der Waals surface area contributed by atoms with Crippen molar-refractivity contribution >= 4 is 14.3 Å². The second-order valence-electron chi connectivity index (χ2n) is 6.76. The van der Waals surface area contributed by atoms with Crippen molar-refractivity contribution in [2.45, 2.75) is 94.0 Å². The third kappa shape index (κ3) is 36.6. The van der Waals surface area contributed by atoms with E-state index in [1.165, 1.54) is 0 Å². The van der Waals surface area contributed by atoms with E-state index in [-0.39, 0.29) is 44.0 Å². The zero-order chi connectivity index (χ0) is 27.5. The Morgan fingerprint density at radius 1 is 0.618 bits per heavy atom. The topological polar surface area (TPSA) is 71.4 Å². The van der Waals surface area contributed by atoms with Crippen LogP contribution in [0.3, 0.4) is 0 Å². The minimum atomic E-state index is -7.10. The predicted molar refractivity (Wildman–Crippen MR) is 118 cm³/mol. The zero-order valence-corrected chi connectivity index (χ0v) is 25.8. The summed E-state index contributed by atoms with van der Waals surface area (Å²) in [5.74, 6) is 0. The SMILES string of the molecule is CCC(C)[NH-].CCC(C)[NH-].CCC(C)[NH-].F[C](F)(F)[Ge]([C](F)(F)F)[C](F)(F)F.[Hf+4].c1cc[cH-]c1. The second-order valence-corrected chi connectivity index (χ2v) is 11.9. The van der Waals surface area contributed by atoms with Crippen LogP contribution < -0.4 is 0 Å². The van der Waals surface area contributed by atoms with Crippen LogP contribution in [0.2, 0.25) is 0 Å². The number of halogens is 9. The van der Waals surface area contributed by atoms with Gasteiger partial charge < -0.3 is 17.2 Å². The Bertz CT molecular complexity index is 435. The molecular formula is C20H35F9GeHfN3. The molecule has 1 radical (unpaired) electrons. The van der Waals surface area contributed by atoms with Crippen molar-refractivity contribution in [3.05, 3.63) is 47.5 Å². The average Bonchev–Trinajstić information content (AvgIpc) is 3.19. The molecule has 0 saturated carbocycles. The van der Waals surface area contributed by atoms with E-state index >= 15 is 0 Å². The first kappa shape index (κ1) is 44.0. The molecular weight excluding hydrogens is 704 g/mol. The molecule has 3 atom stereocenters. The summed E-state index contributed by atoms with van der Waals surface area (Å²) in [7, 11) is 0. The Morgan fingerprint density at radius 3 is 0.824 bits per heavy atom. The van der Waals surface area contributed by atoms with Gasteiger partial charge in [0.2, 0.25) is 0 Å². The van der Waals surface area contributed by atoms with Gasteiger partial charge in [0, 0.05) is 0 Å². The summed E-state index contributed by atoms with van der Waals surface area (Å²) in [5, 5.41) is -18.6. The minimum Gasteiger partial charge on any atom is -0.214 e. The first-order valence-corrected chi connectivity index (χ1v) is 13.2. The van der Waals surface area contributed by atoms with E-state index in [1.54, 1.807) is 0 Å². The van der Waals surface area contributed by atoms with Gasteiger partial charge in [0.15, 0.2) is 0 Å². The summed E-state index contributed by atoms with van der Waals surface area (Å²) in [6, 6.07) is 10.4. The van der Waals surface area contributed by atoms with Crippen LogP contribution in [0.4, 0.5) is 39.5 Å². The van der Waals surface area contributed by atoms with Crippen molar-refractivity contribution in [1.82, 2.24) is 0 Å². The van der Waals surface area contributed by atoms with E-state index in [0.29, 0.717) is 0 Å². The Balaban J connectivity index is -0.000000112. The van der Waals surface area contributed by atoms with Gasteiger partial charge in [-0.3, -0.25) is 0 Å². The fourth-order valence-corrected chi connectivity index (χ4v) is 2.83. The summed E-state index contributed by atoms with van der Waals surface area (Å²) in [5.41, 5.74) is 20.5. The van der Waals surface area contributed by atoms with Crippen LogP contribution in [0.5, 0.6) is 0 Å². The molecule has 3 N–H and O–H groups in total. The van der Waals surface area contributed by atoms with E-state index in [4.69, 9.17) is 17.2 Å². The van der Waals surface area contributed by atoms with Gasteiger partial charge in [-0.2, -0.15) is 18.2 Å². The summed E-state index contributed by atoms with van der Waals surface area (Å²) in [4.78, 5) is 0. The predicted octanol–water partition coefficient (Wildman–Crippen LogP) is 9.70. The molecule has 0 fully saturated rings. The van der Waals surface area contributed by atoms with Crippen LogP contribution in [0.15, 0.2) is 30.3 Å². The van der Waals surface area contributed by atoms with Crippen LogP contribution in [-0.2, 0) is 25.8 Å². The molecule has 1 aromatic rings. The molecule has 0 aliphatic heterocycles. The molecule has 0 aliphatic rings. The quantitative estimate of drug-likeness (QED) is 0.168. The molecule has 0 aromatic heterocycles. The summed E-state index contributed by atoms with van der Waals surface area (Å²) >= 11 is -7.10. The van der Waals surface area contributed by atoms with Crippen molar-refractivity contribution in [3.63, 3.8) is 0 Å². The molecule has 1 aromatic carbocycles. The Labute approximate surface area is 220 Å². The molecule has 1 rings (SSSR count). The summed E-state index contributed by atoms with van der Waals surface area (Å²) < 4.78 is 102. The molecule has 3 nitrogen and oxygen atoms in total.